The fraction of sp³-hybridized carbons (Fsp3) is 0.867. The third kappa shape index (κ3) is 3.04. The molecule has 3 atom stereocenters. The maximum absolute atomic E-state index is 5.54. The van der Waals surface area contributed by atoms with Crippen molar-refractivity contribution in [3.63, 3.8) is 0 Å². The smallest absolute Gasteiger partial charge is 0.231 e. The molecule has 5 heteroatoms. The van der Waals surface area contributed by atoms with Gasteiger partial charge in [0.25, 0.3) is 0 Å². The Hall–Kier alpha value is -0.940. The summed E-state index contributed by atoms with van der Waals surface area (Å²) < 4.78 is 11.1. The Kier molecular flexibility index (Phi) is 5.16. The van der Waals surface area contributed by atoms with Gasteiger partial charge in [-0.15, -0.1) is 0 Å². The van der Waals surface area contributed by atoms with Crippen LogP contribution in [0.2, 0.25) is 0 Å². The molecule has 0 aromatic carbocycles. The number of methoxy groups -OCH3 is 1. The zero-order chi connectivity index (χ0) is 14.6. The van der Waals surface area contributed by atoms with Crippen molar-refractivity contribution in [2.24, 2.45) is 0 Å². The van der Waals surface area contributed by atoms with E-state index in [0.29, 0.717) is 17.8 Å². The van der Waals surface area contributed by atoms with Gasteiger partial charge in [0.2, 0.25) is 11.7 Å². The van der Waals surface area contributed by atoms with Gasteiger partial charge in [0.05, 0.1) is 5.92 Å². The van der Waals surface area contributed by atoms with Crippen LogP contribution in [0.3, 0.4) is 0 Å². The predicted octanol–water partition coefficient (Wildman–Crippen LogP) is 2.98. The first kappa shape index (κ1) is 15.4. The molecule has 0 spiro atoms. The summed E-state index contributed by atoms with van der Waals surface area (Å²) >= 11 is 0. The van der Waals surface area contributed by atoms with Crippen molar-refractivity contribution in [2.45, 2.75) is 70.4 Å². The summed E-state index contributed by atoms with van der Waals surface area (Å²) in [4.78, 5) is 4.62. The fourth-order valence-electron chi connectivity index (χ4n) is 2.82. The van der Waals surface area contributed by atoms with Crippen molar-refractivity contribution < 1.29 is 9.26 Å². The first-order chi connectivity index (χ1) is 9.64. The average Bonchev–Trinajstić information content (AvgIpc) is 3.12. The lowest BCUT2D eigenvalue weighted by Gasteiger charge is -2.22. The second-order valence-corrected chi connectivity index (χ2v) is 5.84. The summed E-state index contributed by atoms with van der Waals surface area (Å²) in [7, 11) is 1.70. The summed E-state index contributed by atoms with van der Waals surface area (Å²) in [6, 6.07) is 0.471. The molecule has 5 nitrogen and oxygen atoms in total. The molecule has 3 unspecified atom stereocenters. The number of hydrogen-bond acceptors (Lipinski definition) is 5. The van der Waals surface area contributed by atoms with E-state index in [1.165, 1.54) is 12.8 Å². The first-order valence-corrected chi connectivity index (χ1v) is 7.77. The standard InChI is InChI=1S/C15H27N3O2/c1-5-10-16-12-9-7-8-11(12)13-17-14(18-20-13)15(3,6-2)19-4/h11-12,16H,5-10H2,1-4H3. The highest BCUT2D eigenvalue weighted by Gasteiger charge is 2.35. The van der Waals surface area contributed by atoms with Crippen LogP contribution in [-0.2, 0) is 10.3 Å². The van der Waals surface area contributed by atoms with E-state index in [2.05, 4.69) is 29.3 Å². The molecule has 0 saturated heterocycles. The van der Waals surface area contributed by atoms with Crippen LogP contribution in [0, 0.1) is 0 Å². The lowest BCUT2D eigenvalue weighted by Crippen LogP contribution is -2.32. The molecule has 1 heterocycles. The number of hydrogen-bond donors (Lipinski definition) is 1. The van der Waals surface area contributed by atoms with Gasteiger partial charge in [0, 0.05) is 13.2 Å². The third-order valence-corrected chi connectivity index (χ3v) is 4.53. The number of nitrogens with zero attached hydrogens (tertiary/aromatic N) is 2. The summed E-state index contributed by atoms with van der Waals surface area (Å²) in [5, 5.41) is 7.75. The minimum Gasteiger partial charge on any atom is -0.370 e. The Balaban J connectivity index is 2.11. The normalized spacial score (nSPS) is 25.8. The molecule has 1 saturated carbocycles. The largest absolute Gasteiger partial charge is 0.370 e. The molecule has 0 aliphatic heterocycles. The quantitative estimate of drug-likeness (QED) is 0.832. The van der Waals surface area contributed by atoms with Crippen LogP contribution in [0.15, 0.2) is 4.52 Å². The van der Waals surface area contributed by atoms with Gasteiger partial charge in [-0.25, -0.2) is 0 Å². The van der Waals surface area contributed by atoms with Gasteiger partial charge in [-0.05, 0) is 39.2 Å². The van der Waals surface area contributed by atoms with E-state index < -0.39 is 5.60 Å². The molecule has 1 aromatic rings. The zero-order valence-electron chi connectivity index (χ0n) is 13.1. The molecule has 1 aliphatic rings. The van der Waals surface area contributed by atoms with Gasteiger partial charge in [-0.1, -0.05) is 25.4 Å². The van der Waals surface area contributed by atoms with E-state index in [1.807, 2.05) is 6.92 Å². The van der Waals surface area contributed by atoms with Gasteiger partial charge in [-0.2, -0.15) is 4.98 Å². The van der Waals surface area contributed by atoms with Crippen LogP contribution < -0.4 is 5.32 Å². The Morgan fingerprint density at radius 1 is 1.40 bits per heavy atom. The Morgan fingerprint density at radius 3 is 2.85 bits per heavy atom. The molecule has 0 radical (unpaired) electrons. The average molecular weight is 281 g/mol. The summed E-state index contributed by atoms with van der Waals surface area (Å²) in [6.07, 6.45) is 5.51. The lowest BCUT2D eigenvalue weighted by molar-refractivity contribution is -0.0106. The van der Waals surface area contributed by atoms with E-state index in [1.54, 1.807) is 7.11 Å². The SMILES string of the molecule is CCCNC1CCCC1c1nc(C(C)(CC)OC)no1. The van der Waals surface area contributed by atoms with Crippen molar-refractivity contribution in [1.29, 1.82) is 0 Å². The van der Waals surface area contributed by atoms with Crippen molar-refractivity contribution >= 4 is 0 Å². The minimum absolute atomic E-state index is 0.348. The van der Waals surface area contributed by atoms with Crippen molar-refractivity contribution in [3.8, 4) is 0 Å². The molecule has 114 valence electrons. The van der Waals surface area contributed by atoms with Crippen LogP contribution in [0.5, 0.6) is 0 Å². The summed E-state index contributed by atoms with van der Waals surface area (Å²) in [5.41, 5.74) is -0.452. The van der Waals surface area contributed by atoms with Crippen LogP contribution in [0.4, 0.5) is 0 Å². The maximum Gasteiger partial charge on any atom is 0.231 e. The van der Waals surface area contributed by atoms with Gasteiger partial charge in [0.1, 0.15) is 5.60 Å². The van der Waals surface area contributed by atoms with Crippen LogP contribution in [0.1, 0.15) is 70.5 Å². The van der Waals surface area contributed by atoms with Crippen molar-refractivity contribution in [3.05, 3.63) is 11.7 Å². The molecule has 2 rings (SSSR count). The van der Waals surface area contributed by atoms with Crippen molar-refractivity contribution in [1.82, 2.24) is 15.5 Å². The Morgan fingerprint density at radius 2 is 2.20 bits per heavy atom. The van der Waals surface area contributed by atoms with Crippen LogP contribution in [0.25, 0.3) is 0 Å². The van der Waals surface area contributed by atoms with Gasteiger partial charge < -0.3 is 14.6 Å². The third-order valence-electron chi connectivity index (χ3n) is 4.53. The minimum atomic E-state index is -0.452. The highest BCUT2D eigenvalue weighted by molar-refractivity contribution is 5.06. The van der Waals surface area contributed by atoms with E-state index >= 15 is 0 Å². The Labute approximate surface area is 121 Å². The molecular weight excluding hydrogens is 254 g/mol. The summed E-state index contributed by atoms with van der Waals surface area (Å²) in [6.45, 7) is 7.31. The highest BCUT2D eigenvalue weighted by atomic mass is 16.5. The molecule has 1 aromatic heterocycles. The molecule has 0 amide bonds. The molecule has 20 heavy (non-hydrogen) atoms. The van der Waals surface area contributed by atoms with E-state index in [-0.39, 0.29) is 0 Å². The van der Waals surface area contributed by atoms with Gasteiger partial charge >= 0.3 is 0 Å². The number of nitrogens with one attached hydrogen (secondary N) is 1. The highest BCUT2D eigenvalue weighted by Crippen LogP contribution is 2.35. The maximum atomic E-state index is 5.54. The predicted molar refractivity (Wildman–Crippen MR) is 77.6 cm³/mol. The molecule has 1 fully saturated rings. The monoisotopic (exact) mass is 281 g/mol. The number of rotatable bonds is 7. The molecule has 0 bridgehead atoms. The molecule has 1 aliphatic carbocycles. The second kappa shape index (κ2) is 6.68. The summed E-state index contributed by atoms with van der Waals surface area (Å²) in [5.74, 6) is 1.78. The van der Waals surface area contributed by atoms with E-state index in [9.17, 15) is 0 Å². The zero-order valence-corrected chi connectivity index (χ0v) is 13.1. The number of ether oxygens (including phenoxy) is 1. The molecule has 1 N–H and O–H groups in total. The van der Waals surface area contributed by atoms with E-state index in [4.69, 9.17) is 9.26 Å². The molecular formula is C15H27N3O2. The second-order valence-electron chi connectivity index (χ2n) is 5.84. The van der Waals surface area contributed by atoms with Crippen LogP contribution >= 0.6 is 0 Å². The number of aromatic nitrogens is 2. The fourth-order valence-corrected chi connectivity index (χ4v) is 2.82. The van der Waals surface area contributed by atoms with Gasteiger partial charge in [0.15, 0.2) is 0 Å². The van der Waals surface area contributed by atoms with Gasteiger partial charge in [-0.3, -0.25) is 0 Å². The topological polar surface area (TPSA) is 60.2 Å². The van der Waals surface area contributed by atoms with Crippen LogP contribution in [-0.4, -0.2) is 29.8 Å². The van der Waals surface area contributed by atoms with E-state index in [0.717, 1.165) is 31.7 Å². The Bertz CT molecular complexity index is 415. The first-order valence-electron chi connectivity index (χ1n) is 7.77. The lowest BCUT2D eigenvalue weighted by atomic mass is 10.0. The van der Waals surface area contributed by atoms with Crippen molar-refractivity contribution in [2.75, 3.05) is 13.7 Å².